The number of anilines is 1. The van der Waals surface area contributed by atoms with Gasteiger partial charge in [-0.3, -0.25) is 9.52 Å². The summed E-state index contributed by atoms with van der Waals surface area (Å²) in [7, 11) is -3.77. The molecule has 0 aromatic heterocycles. The van der Waals surface area contributed by atoms with Gasteiger partial charge in [-0.2, -0.15) is 0 Å². The second kappa shape index (κ2) is 10.2. The van der Waals surface area contributed by atoms with E-state index in [1.807, 2.05) is 49.4 Å². The highest BCUT2D eigenvalue weighted by Crippen LogP contribution is 2.25. The molecule has 4 rings (SSSR count). The molecule has 0 aliphatic heterocycles. The molecule has 0 fully saturated rings. The van der Waals surface area contributed by atoms with Crippen molar-refractivity contribution in [2.45, 2.75) is 11.8 Å². The number of ether oxygens (including phenoxy) is 1. The van der Waals surface area contributed by atoms with Gasteiger partial charge in [0.25, 0.3) is 15.9 Å². The maximum absolute atomic E-state index is 12.6. The average Bonchev–Trinajstić information content (AvgIpc) is 2.82. The molecular weight excluding hydrogens is 472 g/mol. The molecule has 0 atom stereocenters. The number of carbonyl (C=O) groups is 1. The molecule has 34 heavy (non-hydrogen) atoms. The fraction of sp³-hybridized carbons (Fsp3) is 0.115. The van der Waals surface area contributed by atoms with Crippen LogP contribution < -0.4 is 14.8 Å². The van der Waals surface area contributed by atoms with Crippen molar-refractivity contribution in [2.24, 2.45) is 0 Å². The van der Waals surface area contributed by atoms with E-state index in [1.165, 1.54) is 30.3 Å². The zero-order valence-electron chi connectivity index (χ0n) is 18.4. The van der Waals surface area contributed by atoms with Crippen LogP contribution in [0, 0.1) is 6.92 Å². The van der Waals surface area contributed by atoms with Crippen molar-refractivity contribution in [2.75, 3.05) is 17.9 Å². The van der Waals surface area contributed by atoms with Crippen LogP contribution in [0.3, 0.4) is 0 Å². The number of carbonyl (C=O) groups excluding carboxylic acids is 1. The van der Waals surface area contributed by atoms with Crippen LogP contribution in [0.4, 0.5) is 5.69 Å². The molecule has 1 amide bonds. The van der Waals surface area contributed by atoms with E-state index in [1.54, 1.807) is 12.1 Å². The molecule has 0 aliphatic rings. The Morgan fingerprint density at radius 2 is 1.68 bits per heavy atom. The summed E-state index contributed by atoms with van der Waals surface area (Å²) in [6.07, 6.45) is 0. The number of rotatable bonds is 8. The second-order valence-electron chi connectivity index (χ2n) is 7.69. The summed E-state index contributed by atoms with van der Waals surface area (Å²) in [5, 5.41) is 4.99. The van der Waals surface area contributed by atoms with Crippen molar-refractivity contribution in [1.82, 2.24) is 5.32 Å². The molecule has 2 N–H and O–H groups in total. The van der Waals surface area contributed by atoms with E-state index in [9.17, 15) is 13.2 Å². The van der Waals surface area contributed by atoms with Gasteiger partial charge in [0.15, 0.2) is 0 Å². The Morgan fingerprint density at radius 3 is 2.44 bits per heavy atom. The number of benzene rings is 4. The maximum Gasteiger partial charge on any atom is 0.261 e. The Labute approximate surface area is 203 Å². The number of aryl methyl sites for hydroxylation is 1. The molecule has 0 unspecified atom stereocenters. The van der Waals surface area contributed by atoms with Gasteiger partial charge in [0.05, 0.1) is 27.7 Å². The number of hydrogen-bond donors (Lipinski definition) is 2. The highest BCUT2D eigenvalue weighted by Gasteiger charge is 2.16. The lowest BCUT2D eigenvalue weighted by atomic mass is 10.1. The van der Waals surface area contributed by atoms with E-state index in [2.05, 4.69) is 10.0 Å². The first-order valence-electron chi connectivity index (χ1n) is 10.6. The summed E-state index contributed by atoms with van der Waals surface area (Å²) in [6, 6.07) is 24.6. The summed E-state index contributed by atoms with van der Waals surface area (Å²) < 4.78 is 33.5. The van der Waals surface area contributed by atoms with Crippen LogP contribution in [0.1, 0.15) is 15.9 Å². The fourth-order valence-corrected chi connectivity index (χ4v) is 4.75. The van der Waals surface area contributed by atoms with Crippen molar-refractivity contribution >= 4 is 44.0 Å². The van der Waals surface area contributed by atoms with Gasteiger partial charge in [-0.05, 0) is 48.7 Å². The van der Waals surface area contributed by atoms with Crippen molar-refractivity contribution in [3.63, 3.8) is 0 Å². The molecule has 0 spiro atoms. The van der Waals surface area contributed by atoms with E-state index < -0.39 is 10.0 Å². The summed E-state index contributed by atoms with van der Waals surface area (Å²) in [5.74, 6) is 0.370. The highest BCUT2D eigenvalue weighted by atomic mass is 35.5. The predicted octanol–water partition coefficient (Wildman–Crippen LogP) is 5.41. The van der Waals surface area contributed by atoms with Crippen LogP contribution in [0.5, 0.6) is 5.75 Å². The Bertz CT molecular complexity index is 1430. The van der Waals surface area contributed by atoms with Crippen molar-refractivity contribution in [3.8, 4) is 5.75 Å². The zero-order valence-corrected chi connectivity index (χ0v) is 20.0. The summed E-state index contributed by atoms with van der Waals surface area (Å²) >= 11 is 6.27. The average molecular weight is 495 g/mol. The maximum atomic E-state index is 12.6. The molecule has 0 saturated carbocycles. The minimum atomic E-state index is -3.77. The molecule has 8 heteroatoms. The molecule has 174 valence electrons. The number of amides is 1. The highest BCUT2D eigenvalue weighted by molar-refractivity contribution is 7.92. The third-order valence-electron chi connectivity index (χ3n) is 5.19. The number of fused-ring (bicyclic) bond motifs is 1. The number of nitrogens with one attached hydrogen (secondary N) is 2. The standard InChI is InChI=1S/C26H23ClN2O4S/c1-18-9-12-21(13-10-18)34(31,32)29-20-11-14-23(24(27)17-20)26(30)28-15-16-33-25-8-4-6-19-5-2-3-7-22(19)25/h2-14,17,29H,15-16H2,1H3,(H,28,30). The smallest absolute Gasteiger partial charge is 0.261 e. The molecule has 6 nitrogen and oxygen atoms in total. The monoisotopic (exact) mass is 494 g/mol. The Hall–Kier alpha value is -3.55. The number of hydrogen-bond acceptors (Lipinski definition) is 4. The lowest BCUT2D eigenvalue weighted by molar-refractivity contribution is 0.0947. The topological polar surface area (TPSA) is 84.5 Å². The minimum absolute atomic E-state index is 0.136. The normalized spacial score (nSPS) is 11.2. The summed E-state index contributed by atoms with van der Waals surface area (Å²) in [5.41, 5.74) is 1.46. The van der Waals surface area contributed by atoms with Gasteiger partial charge < -0.3 is 10.1 Å². The minimum Gasteiger partial charge on any atom is -0.491 e. The lowest BCUT2D eigenvalue weighted by Crippen LogP contribution is -2.28. The largest absolute Gasteiger partial charge is 0.491 e. The van der Waals surface area contributed by atoms with Gasteiger partial charge in [0, 0.05) is 5.39 Å². The number of halogens is 1. The second-order valence-corrected chi connectivity index (χ2v) is 9.78. The molecule has 0 saturated heterocycles. The SMILES string of the molecule is Cc1ccc(S(=O)(=O)Nc2ccc(C(=O)NCCOc3cccc4ccccc34)c(Cl)c2)cc1. The van der Waals surface area contributed by atoms with Crippen LogP contribution in [0.15, 0.2) is 89.8 Å². The van der Waals surface area contributed by atoms with Gasteiger partial charge >= 0.3 is 0 Å². The van der Waals surface area contributed by atoms with Crippen molar-refractivity contribution in [1.29, 1.82) is 0 Å². The molecule has 0 bridgehead atoms. The van der Waals surface area contributed by atoms with E-state index in [0.29, 0.717) is 0 Å². The van der Waals surface area contributed by atoms with E-state index in [4.69, 9.17) is 16.3 Å². The van der Waals surface area contributed by atoms with Gasteiger partial charge in [-0.15, -0.1) is 0 Å². The number of sulfonamides is 1. The molecular formula is C26H23ClN2O4S. The first-order chi connectivity index (χ1) is 16.3. The van der Waals surface area contributed by atoms with E-state index in [0.717, 1.165) is 22.1 Å². The molecule has 0 radical (unpaired) electrons. The molecule has 4 aromatic rings. The van der Waals surface area contributed by atoms with Gasteiger partial charge in [0.2, 0.25) is 0 Å². The van der Waals surface area contributed by atoms with Crippen LogP contribution in [0.2, 0.25) is 5.02 Å². The van der Waals surface area contributed by atoms with Gasteiger partial charge in [0.1, 0.15) is 12.4 Å². The Kier molecular flexibility index (Phi) is 7.05. The summed E-state index contributed by atoms with van der Waals surface area (Å²) in [4.78, 5) is 12.7. The first kappa shape index (κ1) is 23.6. The molecule has 0 aliphatic carbocycles. The lowest BCUT2D eigenvalue weighted by Gasteiger charge is -2.12. The quantitative estimate of drug-likeness (QED) is 0.321. The van der Waals surface area contributed by atoms with Crippen LogP contribution in [-0.2, 0) is 10.0 Å². The first-order valence-corrected chi connectivity index (χ1v) is 12.5. The molecule has 4 aromatic carbocycles. The fourth-order valence-electron chi connectivity index (χ4n) is 3.44. The Morgan fingerprint density at radius 1 is 0.941 bits per heavy atom. The van der Waals surface area contributed by atoms with E-state index >= 15 is 0 Å². The molecule has 0 heterocycles. The van der Waals surface area contributed by atoms with E-state index in [-0.39, 0.29) is 40.2 Å². The zero-order chi connectivity index (χ0) is 24.1. The Balaban J connectivity index is 1.35. The van der Waals surface area contributed by atoms with Gasteiger partial charge in [-0.25, -0.2) is 8.42 Å². The predicted molar refractivity (Wildman–Crippen MR) is 135 cm³/mol. The van der Waals surface area contributed by atoms with Crippen LogP contribution >= 0.6 is 11.6 Å². The van der Waals surface area contributed by atoms with Crippen molar-refractivity contribution < 1.29 is 17.9 Å². The van der Waals surface area contributed by atoms with Crippen molar-refractivity contribution in [3.05, 3.63) is 101 Å². The third-order valence-corrected chi connectivity index (χ3v) is 6.90. The third kappa shape index (κ3) is 5.50. The van der Waals surface area contributed by atoms with Gasteiger partial charge in [-0.1, -0.05) is 65.7 Å². The van der Waals surface area contributed by atoms with Crippen LogP contribution in [0.25, 0.3) is 10.8 Å². The summed E-state index contributed by atoms with van der Waals surface area (Å²) in [6.45, 7) is 2.44. The van der Waals surface area contributed by atoms with Crippen LogP contribution in [-0.4, -0.2) is 27.5 Å².